The lowest BCUT2D eigenvalue weighted by molar-refractivity contribution is -0.164. The van der Waals surface area contributed by atoms with Gasteiger partial charge in [0.15, 0.2) is 17.6 Å². The highest BCUT2D eigenvalue weighted by atomic mass is 16.6. The van der Waals surface area contributed by atoms with Gasteiger partial charge in [-0.15, -0.1) is 0 Å². The predicted molar refractivity (Wildman–Crippen MR) is 96.0 cm³/mol. The van der Waals surface area contributed by atoms with Crippen molar-refractivity contribution in [1.82, 2.24) is 5.32 Å². The molecule has 1 heterocycles. The summed E-state index contributed by atoms with van der Waals surface area (Å²) in [7, 11) is 0. The van der Waals surface area contributed by atoms with Crippen molar-refractivity contribution in [3.05, 3.63) is 24.3 Å². The molecule has 3 rings (SSSR count). The van der Waals surface area contributed by atoms with E-state index >= 15 is 0 Å². The zero-order valence-electron chi connectivity index (χ0n) is 15.6. The quantitative estimate of drug-likeness (QED) is 0.835. The normalized spacial score (nSPS) is 28.7. The monoisotopic (exact) mass is 361 g/mol. The van der Waals surface area contributed by atoms with E-state index in [1.807, 2.05) is 6.07 Å². The molecular formula is C20H27NO5. The maximum Gasteiger partial charge on any atom is 0.351 e. The fourth-order valence-electron chi connectivity index (χ4n) is 3.53. The number of amides is 1. The summed E-state index contributed by atoms with van der Waals surface area (Å²) in [6.07, 6.45) is 1.53. The molecule has 5 atom stereocenters. The SMILES string of the molecule is C[C@H]1[C@@H](NC(=O)[C@@H](C)OC(=O)[C@@H]2COc3ccccc3O2)CCC[C@@H]1C. The molecule has 2 aliphatic rings. The van der Waals surface area contributed by atoms with Crippen molar-refractivity contribution in [2.45, 2.75) is 58.3 Å². The molecule has 6 nitrogen and oxygen atoms in total. The molecule has 0 bridgehead atoms. The van der Waals surface area contributed by atoms with Gasteiger partial charge in [-0.1, -0.05) is 38.8 Å². The molecule has 1 amide bonds. The van der Waals surface area contributed by atoms with Crippen LogP contribution in [0.3, 0.4) is 0 Å². The lowest BCUT2D eigenvalue weighted by Crippen LogP contribution is -2.48. The number of fused-ring (bicyclic) bond motifs is 1. The van der Waals surface area contributed by atoms with Crippen LogP contribution in [0.1, 0.15) is 40.0 Å². The first kappa shape index (κ1) is 18.5. The van der Waals surface area contributed by atoms with Gasteiger partial charge in [0.05, 0.1) is 0 Å². The van der Waals surface area contributed by atoms with E-state index in [1.165, 1.54) is 6.42 Å². The van der Waals surface area contributed by atoms with Crippen molar-refractivity contribution < 1.29 is 23.8 Å². The molecule has 0 spiro atoms. The summed E-state index contributed by atoms with van der Waals surface area (Å²) >= 11 is 0. The van der Waals surface area contributed by atoms with Crippen molar-refractivity contribution in [2.24, 2.45) is 11.8 Å². The molecule has 0 radical (unpaired) electrons. The summed E-state index contributed by atoms with van der Waals surface area (Å²) in [5.74, 6) is 1.25. The largest absolute Gasteiger partial charge is 0.485 e. The average Bonchev–Trinajstić information content (AvgIpc) is 2.64. The smallest absolute Gasteiger partial charge is 0.351 e. The zero-order chi connectivity index (χ0) is 18.7. The first-order valence-electron chi connectivity index (χ1n) is 9.35. The number of benzene rings is 1. The fraction of sp³-hybridized carbons (Fsp3) is 0.600. The zero-order valence-corrected chi connectivity index (χ0v) is 15.6. The van der Waals surface area contributed by atoms with Crippen molar-refractivity contribution in [3.8, 4) is 11.5 Å². The van der Waals surface area contributed by atoms with Gasteiger partial charge < -0.3 is 19.5 Å². The number of rotatable bonds is 4. The number of carbonyl (C=O) groups excluding carboxylic acids is 2. The van der Waals surface area contributed by atoms with E-state index in [0.29, 0.717) is 23.3 Å². The standard InChI is InChI=1S/C20H27NO5/c1-12-7-6-8-15(13(12)2)21-19(22)14(3)25-20(23)18-11-24-16-9-4-5-10-17(16)26-18/h4-5,9-10,12-15,18H,6-8,11H2,1-3H3,(H,21,22)/t12-,13+,14+,15-,18-/m0/s1. The summed E-state index contributed by atoms with van der Waals surface area (Å²) in [4.78, 5) is 24.7. The van der Waals surface area contributed by atoms with E-state index in [4.69, 9.17) is 14.2 Å². The van der Waals surface area contributed by atoms with E-state index in [0.717, 1.165) is 12.8 Å². The molecule has 1 aliphatic carbocycles. The highest BCUT2D eigenvalue weighted by Gasteiger charge is 2.33. The van der Waals surface area contributed by atoms with E-state index < -0.39 is 18.2 Å². The third-order valence-corrected chi connectivity index (χ3v) is 5.47. The number of carbonyl (C=O) groups is 2. The van der Waals surface area contributed by atoms with Crippen LogP contribution in [0, 0.1) is 11.8 Å². The maximum absolute atomic E-state index is 12.4. The minimum atomic E-state index is -0.868. The Balaban J connectivity index is 1.52. The molecule has 1 fully saturated rings. The van der Waals surface area contributed by atoms with Crippen LogP contribution in [-0.2, 0) is 14.3 Å². The second-order valence-electron chi connectivity index (χ2n) is 7.33. The summed E-state index contributed by atoms with van der Waals surface area (Å²) in [6, 6.07) is 7.28. The number of nitrogens with one attached hydrogen (secondary N) is 1. The Bertz CT molecular complexity index is 661. The Morgan fingerprint density at radius 3 is 2.69 bits per heavy atom. The lowest BCUT2D eigenvalue weighted by atomic mass is 9.78. The summed E-state index contributed by atoms with van der Waals surface area (Å²) in [5.41, 5.74) is 0. The molecule has 1 aliphatic heterocycles. The molecule has 0 aromatic heterocycles. The van der Waals surface area contributed by atoms with Gasteiger partial charge in [0.1, 0.15) is 6.61 Å². The molecule has 6 heteroatoms. The molecule has 1 aromatic rings. The van der Waals surface area contributed by atoms with Crippen LogP contribution in [0.25, 0.3) is 0 Å². The van der Waals surface area contributed by atoms with Gasteiger partial charge in [-0.05, 0) is 37.3 Å². The van der Waals surface area contributed by atoms with E-state index in [2.05, 4.69) is 19.2 Å². The van der Waals surface area contributed by atoms with Gasteiger partial charge in [-0.2, -0.15) is 0 Å². The number of esters is 1. The molecule has 26 heavy (non-hydrogen) atoms. The summed E-state index contributed by atoms with van der Waals surface area (Å²) < 4.78 is 16.5. The fourth-order valence-corrected chi connectivity index (χ4v) is 3.53. The van der Waals surface area contributed by atoms with Crippen molar-refractivity contribution in [1.29, 1.82) is 0 Å². The number of ether oxygens (including phenoxy) is 3. The Kier molecular flexibility index (Phi) is 5.69. The Labute approximate surface area is 154 Å². The molecule has 0 unspecified atom stereocenters. The maximum atomic E-state index is 12.4. The van der Waals surface area contributed by atoms with Crippen LogP contribution in [0.2, 0.25) is 0 Å². The third-order valence-electron chi connectivity index (χ3n) is 5.47. The Morgan fingerprint density at radius 1 is 1.19 bits per heavy atom. The van der Waals surface area contributed by atoms with E-state index in [-0.39, 0.29) is 18.6 Å². The van der Waals surface area contributed by atoms with Gasteiger partial charge in [0.25, 0.3) is 5.91 Å². The van der Waals surface area contributed by atoms with Gasteiger partial charge in [-0.25, -0.2) is 4.79 Å². The van der Waals surface area contributed by atoms with Gasteiger partial charge >= 0.3 is 5.97 Å². The van der Waals surface area contributed by atoms with Crippen LogP contribution in [-0.4, -0.2) is 36.7 Å². The minimum absolute atomic E-state index is 0.0708. The minimum Gasteiger partial charge on any atom is -0.485 e. The average molecular weight is 361 g/mol. The van der Waals surface area contributed by atoms with Gasteiger partial charge in [0.2, 0.25) is 6.10 Å². The van der Waals surface area contributed by atoms with Crippen molar-refractivity contribution in [3.63, 3.8) is 0 Å². The molecule has 142 valence electrons. The third kappa shape index (κ3) is 4.11. The lowest BCUT2D eigenvalue weighted by Gasteiger charge is -2.35. The first-order chi connectivity index (χ1) is 12.5. The van der Waals surface area contributed by atoms with Crippen LogP contribution in [0.5, 0.6) is 11.5 Å². The summed E-state index contributed by atoms with van der Waals surface area (Å²) in [6.45, 7) is 6.03. The second-order valence-corrected chi connectivity index (χ2v) is 7.33. The van der Waals surface area contributed by atoms with Crippen LogP contribution in [0.15, 0.2) is 24.3 Å². The molecule has 1 saturated carbocycles. The van der Waals surface area contributed by atoms with Crippen molar-refractivity contribution in [2.75, 3.05) is 6.61 Å². The van der Waals surface area contributed by atoms with Gasteiger partial charge in [0, 0.05) is 6.04 Å². The molecule has 1 aromatic carbocycles. The predicted octanol–water partition coefficient (Wildman–Crippen LogP) is 2.70. The van der Waals surface area contributed by atoms with E-state index in [9.17, 15) is 9.59 Å². The van der Waals surface area contributed by atoms with Crippen LogP contribution >= 0.6 is 0 Å². The van der Waals surface area contributed by atoms with Crippen molar-refractivity contribution >= 4 is 11.9 Å². The molecular weight excluding hydrogens is 334 g/mol. The highest BCUT2D eigenvalue weighted by molar-refractivity contribution is 5.85. The van der Waals surface area contributed by atoms with Crippen LogP contribution < -0.4 is 14.8 Å². The summed E-state index contributed by atoms with van der Waals surface area (Å²) in [5, 5.41) is 3.03. The second kappa shape index (κ2) is 7.98. The number of hydrogen-bond acceptors (Lipinski definition) is 5. The number of para-hydroxylation sites is 2. The molecule has 0 saturated heterocycles. The van der Waals surface area contributed by atoms with Crippen LogP contribution in [0.4, 0.5) is 0 Å². The van der Waals surface area contributed by atoms with Gasteiger partial charge in [-0.3, -0.25) is 4.79 Å². The highest BCUT2D eigenvalue weighted by Crippen LogP contribution is 2.31. The Hall–Kier alpha value is -2.24. The Morgan fingerprint density at radius 2 is 1.92 bits per heavy atom. The number of hydrogen-bond donors (Lipinski definition) is 1. The van der Waals surface area contributed by atoms with E-state index in [1.54, 1.807) is 25.1 Å². The first-order valence-corrected chi connectivity index (χ1v) is 9.35. The topological polar surface area (TPSA) is 73.9 Å². The molecule has 1 N–H and O–H groups in total.